The van der Waals surface area contributed by atoms with E-state index in [4.69, 9.17) is 19.6 Å². The van der Waals surface area contributed by atoms with Crippen molar-refractivity contribution < 1.29 is 18.9 Å². The van der Waals surface area contributed by atoms with Crippen molar-refractivity contribution in [3.05, 3.63) is 0 Å². The van der Waals surface area contributed by atoms with Crippen molar-refractivity contribution >= 4 is 7.82 Å². The van der Waals surface area contributed by atoms with Crippen LogP contribution in [0.2, 0.25) is 0 Å². The SMILES string of the molecule is CCCCCCCCCCC(CCC#N)OP(=O)(O)O. The molecule has 0 saturated heterocycles. The Balaban J connectivity index is 3.69. The van der Waals surface area contributed by atoms with Crippen LogP contribution in [-0.2, 0) is 9.09 Å². The number of phosphoric ester groups is 1. The Hall–Kier alpha value is -0.400. The van der Waals surface area contributed by atoms with Crippen LogP contribution in [0.5, 0.6) is 0 Å². The second-order valence-corrected chi connectivity index (χ2v) is 6.37. The fourth-order valence-corrected chi connectivity index (χ4v) is 2.77. The molecule has 1 atom stereocenters. The minimum atomic E-state index is -4.45. The van der Waals surface area contributed by atoms with Crippen LogP contribution < -0.4 is 0 Å². The Bertz CT molecular complexity index is 311. The molecule has 0 aliphatic heterocycles. The molecule has 0 aliphatic carbocycles. The van der Waals surface area contributed by atoms with E-state index in [1.165, 1.54) is 32.1 Å². The molecule has 0 amide bonds. The van der Waals surface area contributed by atoms with Gasteiger partial charge < -0.3 is 9.79 Å². The molecular formula is C14H28NO4P. The predicted molar refractivity (Wildman–Crippen MR) is 79.0 cm³/mol. The number of unbranched alkanes of at least 4 members (excludes halogenated alkanes) is 7. The fourth-order valence-electron chi connectivity index (χ4n) is 2.18. The summed E-state index contributed by atoms with van der Waals surface area (Å²) < 4.78 is 15.5. The van der Waals surface area contributed by atoms with Gasteiger partial charge in [0, 0.05) is 6.42 Å². The van der Waals surface area contributed by atoms with Gasteiger partial charge in [0.15, 0.2) is 0 Å². The lowest BCUT2D eigenvalue weighted by atomic mass is 10.0. The molecule has 0 aromatic heterocycles. The highest BCUT2D eigenvalue weighted by Gasteiger charge is 2.21. The van der Waals surface area contributed by atoms with Crippen molar-refractivity contribution in [1.82, 2.24) is 0 Å². The summed E-state index contributed by atoms with van der Waals surface area (Å²) in [7, 11) is -4.45. The Labute approximate surface area is 122 Å². The van der Waals surface area contributed by atoms with E-state index < -0.39 is 13.9 Å². The Morgan fingerprint density at radius 2 is 1.60 bits per heavy atom. The molecule has 0 aromatic rings. The maximum Gasteiger partial charge on any atom is 0.469 e. The van der Waals surface area contributed by atoms with Crippen LogP contribution >= 0.6 is 7.82 Å². The number of nitriles is 1. The Morgan fingerprint density at radius 1 is 1.05 bits per heavy atom. The first-order valence-corrected chi connectivity index (χ1v) is 9.13. The molecule has 118 valence electrons. The average molecular weight is 305 g/mol. The smallest absolute Gasteiger partial charge is 0.303 e. The molecule has 0 spiro atoms. The second kappa shape index (κ2) is 12.3. The topological polar surface area (TPSA) is 90.5 Å². The zero-order valence-electron chi connectivity index (χ0n) is 12.5. The number of hydrogen-bond acceptors (Lipinski definition) is 3. The van der Waals surface area contributed by atoms with E-state index >= 15 is 0 Å². The van der Waals surface area contributed by atoms with Crippen LogP contribution in [0.3, 0.4) is 0 Å². The van der Waals surface area contributed by atoms with Crippen molar-refractivity contribution in [3.63, 3.8) is 0 Å². The van der Waals surface area contributed by atoms with E-state index in [0.717, 1.165) is 19.3 Å². The standard InChI is InChI=1S/C14H28NO4P/c1-2-3-4-5-6-7-8-9-11-14(12-10-13-15)19-20(16,17)18/h14H,2-12H2,1H3,(H2,16,17,18). The summed E-state index contributed by atoms with van der Waals surface area (Å²) in [4.78, 5) is 17.6. The Kier molecular flexibility index (Phi) is 12.1. The molecule has 0 bridgehead atoms. The Morgan fingerprint density at radius 3 is 2.10 bits per heavy atom. The van der Waals surface area contributed by atoms with Gasteiger partial charge in [0.25, 0.3) is 0 Å². The van der Waals surface area contributed by atoms with Crippen molar-refractivity contribution in [2.45, 2.75) is 83.7 Å². The summed E-state index contributed by atoms with van der Waals surface area (Å²) in [5.74, 6) is 0. The van der Waals surface area contributed by atoms with Gasteiger partial charge in [-0.25, -0.2) is 4.57 Å². The van der Waals surface area contributed by atoms with Gasteiger partial charge in [-0.15, -0.1) is 0 Å². The highest BCUT2D eigenvalue weighted by atomic mass is 31.2. The van der Waals surface area contributed by atoms with Gasteiger partial charge in [0.1, 0.15) is 0 Å². The normalized spacial score (nSPS) is 13.1. The van der Waals surface area contributed by atoms with Gasteiger partial charge in [0.2, 0.25) is 0 Å². The van der Waals surface area contributed by atoms with E-state index in [9.17, 15) is 4.57 Å². The highest BCUT2D eigenvalue weighted by Crippen LogP contribution is 2.39. The van der Waals surface area contributed by atoms with Crippen molar-refractivity contribution in [2.75, 3.05) is 0 Å². The van der Waals surface area contributed by atoms with Crippen LogP contribution in [0.4, 0.5) is 0 Å². The van der Waals surface area contributed by atoms with Crippen molar-refractivity contribution in [3.8, 4) is 6.07 Å². The maximum atomic E-state index is 10.8. The third-order valence-corrected chi connectivity index (χ3v) is 3.82. The maximum absolute atomic E-state index is 10.8. The summed E-state index contributed by atoms with van der Waals surface area (Å²) in [6.07, 6.45) is 10.2. The van der Waals surface area contributed by atoms with Gasteiger partial charge in [-0.2, -0.15) is 5.26 Å². The zero-order valence-corrected chi connectivity index (χ0v) is 13.4. The molecule has 0 aromatic carbocycles. The average Bonchev–Trinajstić information content (AvgIpc) is 2.37. The zero-order chi connectivity index (χ0) is 15.3. The van der Waals surface area contributed by atoms with Crippen LogP contribution in [0.25, 0.3) is 0 Å². The van der Waals surface area contributed by atoms with Gasteiger partial charge in [-0.1, -0.05) is 58.3 Å². The largest absolute Gasteiger partial charge is 0.469 e. The first-order chi connectivity index (χ1) is 9.49. The monoisotopic (exact) mass is 305 g/mol. The molecule has 0 fully saturated rings. The van der Waals surface area contributed by atoms with Gasteiger partial charge in [-0.05, 0) is 12.8 Å². The first-order valence-electron chi connectivity index (χ1n) is 7.60. The van der Waals surface area contributed by atoms with E-state index in [-0.39, 0.29) is 6.42 Å². The lowest BCUT2D eigenvalue weighted by molar-refractivity contribution is 0.119. The molecule has 2 N–H and O–H groups in total. The number of phosphoric acid groups is 1. The number of rotatable bonds is 13. The lowest BCUT2D eigenvalue weighted by Crippen LogP contribution is -2.11. The van der Waals surface area contributed by atoms with E-state index in [2.05, 4.69) is 6.92 Å². The fraction of sp³-hybridized carbons (Fsp3) is 0.929. The summed E-state index contributed by atoms with van der Waals surface area (Å²) >= 11 is 0. The van der Waals surface area contributed by atoms with Crippen LogP contribution in [0, 0.1) is 11.3 Å². The van der Waals surface area contributed by atoms with Crippen molar-refractivity contribution in [2.24, 2.45) is 0 Å². The third kappa shape index (κ3) is 14.0. The van der Waals surface area contributed by atoms with Gasteiger partial charge in [-0.3, -0.25) is 4.52 Å². The van der Waals surface area contributed by atoms with Crippen molar-refractivity contribution in [1.29, 1.82) is 5.26 Å². The van der Waals surface area contributed by atoms with E-state index in [1.54, 1.807) is 0 Å². The molecule has 1 unspecified atom stereocenters. The third-order valence-electron chi connectivity index (χ3n) is 3.24. The minimum Gasteiger partial charge on any atom is -0.303 e. The summed E-state index contributed by atoms with van der Waals surface area (Å²) in [6, 6.07) is 1.98. The minimum absolute atomic E-state index is 0.266. The molecule has 20 heavy (non-hydrogen) atoms. The number of hydrogen-bond donors (Lipinski definition) is 2. The van der Waals surface area contributed by atoms with Gasteiger partial charge >= 0.3 is 7.82 Å². The predicted octanol–water partition coefficient (Wildman–Crippen LogP) is 4.30. The summed E-state index contributed by atoms with van der Waals surface area (Å²) in [5.41, 5.74) is 0. The van der Waals surface area contributed by atoms with Crippen LogP contribution in [0.15, 0.2) is 0 Å². The number of nitrogens with zero attached hydrogens (tertiary/aromatic N) is 1. The molecule has 0 rings (SSSR count). The van der Waals surface area contributed by atoms with E-state index in [1.807, 2.05) is 6.07 Å². The molecular weight excluding hydrogens is 277 g/mol. The second-order valence-electron chi connectivity index (χ2n) is 5.18. The molecule has 0 radical (unpaired) electrons. The molecule has 5 nitrogen and oxygen atoms in total. The molecule has 0 heterocycles. The van der Waals surface area contributed by atoms with E-state index in [0.29, 0.717) is 12.8 Å². The molecule has 6 heteroatoms. The van der Waals surface area contributed by atoms with Crippen LogP contribution in [0.1, 0.15) is 77.6 Å². The van der Waals surface area contributed by atoms with Gasteiger partial charge in [0.05, 0.1) is 12.2 Å². The van der Waals surface area contributed by atoms with Crippen LogP contribution in [-0.4, -0.2) is 15.9 Å². The summed E-state index contributed by atoms with van der Waals surface area (Å²) in [5, 5.41) is 8.53. The first kappa shape index (κ1) is 19.6. The lowest BCUT2D eigenvalue weighted by Gasteiger charge is -2.16. The summed E-state index contributed by atoms with van der Waals surface area (Å²) in [6.45, 7) is 2.20. The quantitative estimate of drug-likeness (QED) is 0.391. The molecule has 0 aliphatic rings. The highest BCUT2D eigenvalue weighted by molar-refractivity contribution is 7.46. The molecule has 0 saturated carbocycles.